The number of aliphatic hydroxyl groups is 1. The Balaban J connectivity index is 1.65. The topological polar surface area (TPSA) is 67.6 Å². The number of aryl methyl sites for hydroxylation is 1. The molecule has 1 N–H and O–H groups in total. The van der Waals surface area contributed by atoms with Gasteiger partial charge in [0, 0.05) is 38.7 Å². The molecule has 0 saturated carbocycles. The summed E-state index contributed by atoms with van der Waals surface area (Å²) in [4.78, 5) is 14.5. The van der Waals surface area contributed by atoms with Crippen LogP contribution in [0.3, 0.4) is 0 Å². The minimum absolute atomic E-state index is 0.00827. The number of nitrogens with zero attached hydrogens (tertiary/aromatic N) is 3. The molecule has 1 aromatic heterocycles. The summed E-state index contributed by atoms with van der Waals surface area (Å²) in [5.41, 5.74) is 0.221. The van der Waals surface area contributed by atoms with E-state index in [0.29, 0.717) is 31.6 Å². The molecule has 2 saturated heterocycles. The van der Waals surface area contributed by atoms with Gasteiger partial charge in [0.15, 0.2) is 0 Å². The lowest BCUT2D eigenvalue weighted by Gasteiger charge is -2.50. The summed E-state index contributed by atoms with van der Waals surface area (Å²) in [6.07, 6.45) is 4.49. The molecule has 0 aliphatic carbocycles. The summed E-state index contributed by atoms with van der Waals surface area (Å²) in [5.74, 6) is -0.00854. The van der Waals surface area contributed by atoms with Crippen molar-refractivity contribution in [3.63, 3.8) is 0 Å². The van der Waals surface area contributed by atoms with E-state index in [1.807, 2.05) is 18.0 Å². The molecular formula is C19H31N3O3. The third-order valence-electron chi connectivity index (χ3n) is 5.60. The fourth-order valence-electron chi connectivity index (χ4n) is 3.94. The molecule has 3 heterocycles. The predicted molar refractivity (Wildman–Crippen MR) is 95.3 cm³/mol. The molecule has 2 atom stereocenters. The van der Waals surface area contributed by atoms with Gasteiger partial charge in [-0.15, -0.1) is 0 Å². The van der Waals surface area contributed by atoms with Gasteiger partial charge in [0.05, 0.1) is 17.8 Å². The van der Waals surface area contributed by atoms with Gasteiger partial charge in [-0.2, -0.15) is 5.10 Å². The van der Waals surface area contributed by atoms with E-state index in [0.717, 1.165) is 19.4 Å². The summed E-state index contributed by atoms with van der Waals surface area (Å²) < 4.78 is 8.26. The maximum atomic E-state index is 12.6. The molecule has 3 rings (SSSR count). The van der Waals surface area contributed by atoms with Crippen molar-refractivity contribution in [3.05, 3.63) is 18.0 Å². The molecule has 25 heavy (non-hydrogen) atoms. The number of carbonyl (C=O) groups excluding carboxylic acids is 1. The van der Waals surface area contributed by atoms with E-state index < -0.39 is 0 Å². The Bertz CT molecular complexity index is 612. The van der Waals surface area contributed by atoms with Crippen molar-refractivity contribution in [2.75, 3.05) is 13.1 Å². The summed E-state index contributed by atoms with van der Waals surface area (Å²) in [5, 5.41) is 14.7. The van der Waals surface area contributed by atoms with Crippen molar-refractivity contribution in [1.29, 1.82) is 0 Å². The highest BCUT2D eigenvalue weighted by Crippen LogP contribution is 2.42. The first-order chi connectivity index (χ1) is 11.7. The number of hydrogen-bond donors (Lipinski definition) is 1. The minimum atomic E-state index is -0.319. The molecule has 2 fully saturated rings. The number of likely N-dealkylation sites (tertiary alicyclic amines) is 1. The summed E-state index contributed by atoms with van der Waals surface area (Å²) >= 11 is 0. The van der Waals surface area contributed by atoms with E-state index in [9.17, 15) is 9.90 Å². The zero-order chi connectivity index (χ0) is 18.2. The molecule has 2 aliphatic heterocycles. The number of aliphatic hydroxyl groups excluding tert-OH is 1. The van der Waals surface area contributed by atoms with E-state index in [-0.39, 0.29) is 29.1 Å². The molecular weight excluding hydrogens is 318 g/mol. The van der Waals surface area contributed by atoms with E-state index in [4.69, 9.17) is 4.74 Å². The highest BCUT2D eigenvalue weighted by molar-refractivity contribution is 5.92. The van der Waals surface area contributed by atoms with Gasteiger partial charge in [0.1, 0.15) is 5.69 Å². The van der Waals surface area contributed by atoms with Gasteiger partial charge in [-0.1, -0.05) is 20.8 Å². The molecule has 6 heteroatoms. The lowest BCUT2D eigenvalue weighted by atomic mass is 9.76. The first-order valence-corrected chi connectivity index (χ1v) is 9.41. The molecule has 2 aliphatic rings. The van der Waals surface area contributed by atoms with Gasteiger partial charge < -0.3 is 14.7 Å². The second-order valence-corrected chi connectivity index (χ2v) is 8.60. The number of ether oxygens (including phenoxy) is 1. The quantitative estimate of drug-likeness (QED) is 0.891. The van der Waals surface area contributed by atoms with Crippen molar-refractivity contribution >= 4 is 5.91 Å². The minimum Gasteiger partial charge on any atom is -0.393 e. The fourth-order valence-corrected chi connectivity index (χ4v) is 3.94. The van der Waals surface area contributed by atoms with Crippen molar-refractivity contribution in [1.82, 2.24) is 14.7 Å². The highest BCUT2D eigenvalue weighted by atomic mass is 16.5. The van der Waals surface area contributed by atoms with Gasteiger partial charge in [0.2, 0.25) is 0 Å². The highest BCUT2D eigenvalue weighted by Gasteiger charge is 2.46. The van der Waals surface area contributed by atoms with Crippen LogP contribution in [0.15, 0.2) is 12.3 Å². The number of rotatable bonds is 2. The van der Waals surface area contributed by atoms with Crippen LogP contribution >= 0.6 is 0 Å². The Morgan fingerprint density at radius 2 is 2.08 bits per heavy atom. The van der Waals surface area contributed by atoms with Crippen LogP contribution in [-0.2, 0) is 11.3 Å². The summed E-state index contributed by atoms with van der Waals surface area (Å²) in [6.45, 7) is 10.5. The first-order valence-electron chi connectivity index (χ1n) is 9.41. The van der Waals surface area contributed by atoms with Crippen molar-refractivity contribution in [2.45, 2.75) is 77.7 Å². The van der Waals surface area contributed by atoms with Gasteiger partial charge in [-0.3, -0.25) is 9.48 Å². The molecule has 0 bridgehead atoms. The normalized spacial score (nSPS) is 26.8. The predicted octanol–water partition coefficient (Wildman–Crippen LogP) is 2.46. The van der Waals surface area contributed by atoms with Crippen LogP contribution in [0.4, 0.5) is 0 Å². The number of aromatic nitrogens is 2. The lowest BCUT2D eigenvalue weighted by molar-refractivity contribution is -0.205. The molecule has 0 aromatic carbocycles. The van der Waals surface area contributed by atoms with Gasteiger partial charge in [0.25, 0.3) is 5.91 Å². The Labute approximate surface area is 150 Å². The molecule has 0 radical (unpaired) electrons. The van der Waals surface area contributed by atoms with Crippen LogP contribution in [0.25, 0.3) is 0 Å². The zero-order valence-corrected chi connectivity index (χ0v) is 15.9. The summed E-state index contributed by atoms with van der Waals surface area (Å²) in [7, 11) is 0. The van der Waals surface area contributed by atoms with Gasteiger partial charge in [-0.05, 0) is 31.2 Å². The molecule has 1 spiro atoms. The van der Waals surface area contributed by atoms with Crippen LogP contribution < -0.4 is 0 Å². The number of piperidine rings is 1. The molecule has 1 aromatic rings. The van der Waals surface area contributed by atoms with E-state index in [1.165, 1.54) is 0 Å². The largest absolute Gasteiger partial charge is 0.393 e. The number of amides is 1. The first kappa shape index (κ1) is 18.4. The Kier molecular flexibility index (Phi) is 4.95. The molecule has 1 amide bonds. The molecule has 0 unspecified atom stereocenters. The van der Waals surface area contributed by atoms with E-state index >= 15 is 0 Å². The second kappa shape index (κ2) is 6.72. The maximum absolute atomic E-state index is 12.6. The monoisotopic (exact) mass is 349 g/mol. The van der Waals surface area contributed by atoms with Crippen molar-refractivity contribution in [3.8, 4) is 0 Å². The summed E-state index contributed by atoms with van der Waals surface area (Å²) in [6, 6.07) is 1.78. The van der Waals surface area contributed by atoms with Crippen molar-refractivity contribution in [2.24, 2.45) is 5.41 Å². The molecule has 140 valence electrons. The third kappa shape index (κ3) is 3.90. The maximum Gasteiger partial charge on any atom is 0.274 e. The average Bonchev–Trinajstić information content (AvgIpc) is 3.02. The van der Waals surface area contributed by atoms with Crippen LogP contribution in [0.1, 0.15) is 63.9 Å². The Morgan fingerprint density at radius 3 is 2.64 bits per heavy atom. The number of carbonyl (C=O) groups is 1. The van der Waals surface area contributed by atoms with Crippen LogP contribution in [0.5, 0.6) is 0 Å². The zero-order valence-electron chi connectivity index (χ0n) is 15.9. The average molecular weight is 349 g/mol. The lowest BCUT2D eigenvalue weighted by Crippen LogP contribution is -2.55. The standard InChI is InChI=1S/C19H31N3O3/c1-5-22-9-6-15(20-22)17(24)21-10-7-19(8-11-21)13-14(23)12-16(25-19)18(2,3)4/h6,9,14,16,23H,5,7-8,10-13H2,1-4H3/t14-,16-/m1/s1. The Hall–Kier alpha value is -1.40. The van der Waals surface area contributed by atoms with Gasteiger partial charge in [-0.25, -0.2) is 0 Å². The van der Waals surface area contributed by atoms with Crippen molar-refractivity contribution < 1.29 is 14.6 Å². The SMILES string of the molecule is CCn1ccc(C(=O)N2CCC3(CC2)C[C@H](O)C[C@H](C(C)(C)C)O3)n1. The van der Waals surface area contributed by atoms with Crippen LogP contribution in [0, 0.1) is 5.41 Å². The fraction of sp³-hybridized carbons (Fsp3) is 0.789. The second-order valence-electron chi connectivity index (χ2n) is 8.60. The van der Waals surface area contributed by atoms with E-state index in [1.54, 1.807) is 10.7 Å². The van der Waals surface area contributed by atoms with Crippen LogP contribution in [0.2, 0.25) is 0 Å². The number of hydrogen-bond acceptors (Lipinski definition) is 4. The third-order valence-corrected chi connectivity index (χ3v) is 5.60. The Morgan fingerprint density at radius 1 is 1.40 bits per heavy atom. The van der Waals surface area contributed by atoms with Crippen LogP contribution in [-0.4, -0.2) is 56.6 Å². The van der Waals surface area contributed by atoms with Gasteiger partial charge >= 0.3 is 0 Å². The molecule has 6 nitrogen and oxygen atoms in total. The van der Waals surface area contributed by atoms with E-state index in [2.05, 4.69) is 25.9 Å². The smallest absolute Gasteiger partial charge is 0.274 e.